The Balaban J connectivity index is 1.97. The van der Waals surface area contributed by atoms with Crippen LogP contribution in [0.4, 0.5) is 4.39 Å². The number of benzene rings is 1. The van der Waals surface area contributed by atoms with Gasteiger partial charge in [0.1, 0.15) is 5.82 Å². The molecule has 0 aromatic heterocycles. The average molecular weight is 417 g/mol. The van der Waals surface area contributed by atoms with Crippen molar-refractivity contribution in [2.24, 2.45) is 10.9 Å². The largest absolute Gasteiger partial charge is 0.357 e. The summed E-state index contributed by atoms with van der Waals surface area (Å²) in [5.74, 6) is 1.47. The maximum absolute atomic E-state index is 13.5. The molecule has 0 bridgehead atoms. The maximum Gasteiger partial charge on any atom is 0.211 e. The summed E-state index contributed by atoms with van der Waals surface area (Å²) in [6.07, 6.45) is 4.09. The number of hydrogen-bond donors (Lipinski definition) is 2. The minimum atomic E-state index is -3.12. The van der Waals surface area contributed by atoms with E-state index in [-0.39, 0.29) is 11.7 Å². The van der Waals surface area contributed by atoms with Crippen molar-refractivity contribution in [3.63, 3.8) is 0 Å². The average Bonchev–Trinajstić information content (AvgIpc) is 3.08. The molecule has 1 atom stereocenters. The van der Waals surface area contributed by atoms with Gasteiger partial charge >= 0.3 is 0 Å². The third-order valence-electron chi connectivity index (χ3n) is 4.50. The second kappa shape index (κ2) is 10.3. The normalized spacial score (nSPS) is 18.7. The number of hydrogen-bond acceptors (Lipinski definition) is 4. The molecule has 1 heterocycles. The van der Waals surface area contributed by atoms with Gasteiger partial charge in [0.2, 0.25) is 10.0 Å². The summed E-state index contributed by atoms with van der Waals surface area (Å²) in [4.78, 5) is 4.62. The van der Waals surface area contributed by atoms with Gasteiger partial charge in [-0.05, 0) is 48.8 Å². The smallest absolute Gasteiger partial charge is 0.211 e. The van der Waals surface area contributed by atoms with Gasteiger partial charge in [0, 0.05) is 31.9 Å². The highest BCUT2D eigenvalue weighted by molar-refractivity contribution is 7.97. The SMILES string of the molecule is CCNC(=NCc1ccc(F)cc1CSC)NCC1CCN(S(C)(=O)=O)C1. The van der Waals surface area contributed by atoms with Crippen LogP contribution in [0.2, 0.25) is 0 Å². The summed E-state index contributed by atoms with van der Waals surface area (Å²) in [5.41, 5.74) is 1.97. The molecule has 0 amide bonds. The van der Waals surface area contributed by atoms with Gasteiger partial charge in [-0.2, -0.15) is 11.8 Å². The molecule has 0 saturated carbocycles. The molecular formula is C18H29FN4O2S2. The zero-order valence-electron chi connectivity index (χ0n) is 16.2. The van der Waals surface area contributed by atoms with Crippen LogP contribution in [0.15, 0.2) is 23.2 Å². The topological polar surface area (TPSA) is 73.8 Å². The van der Waals surface area contributed by atoms with Crippen LogP contribution in [-0.2, 0) is 22.3 Å². The van der Waals surface area contributed by atoms with Crippen LogP contribution in [0.3, 0.4) is 0 Å². The van der Waals surface area contributed by atoms with E-state index in [1.54, 1.807) is 23.9 Å². The second-order valence-corrected chi connectivity index (χ2v) is 9.55. The summed E-state index contributed by atoms with van der Waals surface area (Å²) in [5, 5.41) is 6.51. The molecule has 152 valence electrons. The number of rotatable bonds is 8. The number of halogens is 1. The van der Waals surface area contributed by atoms with E-state index < -0.39 is 10.0 Å². The fourth-order valence-electron chi connectivity index (χ4n) is 3.05. The second-order valence-electron chi connectivity index (χ2n) is 6.70. The Morgan fingerprint density at radius 3 is 2.78 bits per heavy atom. The van der Waals surface area contributed by atoms with E-state index >= 15 is 0 Å². The van der Waals surface area contributed by atoms with Crippen LogP contribution in [0, 0.1) is 11.7 Å². The third-order valence-corrected chi connectivity index (χ3v) is 6.37. The minimum Gasteiger partial charge on any atom is -0.357 e. The van der Waals surface area contributed by atoms with Crippen LogP contribution in [0.25, 0.3) is 0 Å². The van der Waals surface area contributed by atoms with Crippen LogP contribution < -0.4 is 10.6 Å². The van der Waals surface area contributed by atoms with Crippen LogP contribution in [0.5, 0.6) is 0 Å². The van der Waals surface area contributed by atoms with E-state index in [1.165, 1.54) is 16.6 Å². The van der Waals surface area contributed by atoms with Crippen molar-refractivity contribution in [3.05, 3.63) is 35.1 Å². The van der Waals surface area contributed by atoms with Gasteiger partial charge in [0.25, 0.3) is 0 Å². The molecule has 9 heteroatoms. The standard InChI is InChI=1S/C18H29FN4O2S2/c1-4-20-18(21-10-14-7-8-23(12-14)27(3,24)25)22-11-15-5-6-17(19)9-16(15)13-26-2/h5-6,9,14H,4,7-8,10-13H2,1-3H3,(H2,20,21,22). The number of sulfonamides is 1. The number of guanidine groups is 1. The lowest BCUT2D eigenvalue weighted by atomic mass is 10.1. The fraction of sp³-hybridized carbons (Fsp3) is 0.611. The molecule has 1 fully saturated rings. The molecular weight excluding hydrogens is 387 g/mol. The molecule has 1 saturated heterocycles. The molecule has 1 unspecified atom stereocenters. The molecule has 27 heavy (non-hydrogen) atoms. The van der Waals surface area contributed by atoms with Gasteiger partial charge in [-0.1, -0.05) is 6.07 Å². The number of aliphatic imine (C=N–C) groups is 1. The number of thioether (sulfide) groups is 1. The molecule has 2 N–H and O–H groups in total. The van der Waals surface area contributed by atoms with Gasteiger partial charge in [-0.15, -0.1) is 0 Å². The number of nitrogens with one attached hydrogen (secondary N) is 2. The molecule has 2 rings (SSSR count). The Morgan fingerprint density at radius 1 is 1.37 bits per heavy atom. The predicted octanol–water partition coefficient (Wildman–Crippen LogP) is 2.03. The summed E-state index contributed by atoms with van der Waals surface area (Å²) in [7, 11) is -3.12. The molecule has 0 aliphatic carbocycles. The molecule has 1 aliphatic heterocycles. The minimum absolute atomic E-state index is 0.228. The van der Waals surface area contributed by atoms with E-state index in [1.807, 2.05) is 13.2 Å². The van der Waals surface area contributed by atoms with Gasteiger partial charge in [0.05, 0.1) is 12.8 Å². The first-order valence-electron chi connectivity index (χ1n) is 9.07. The van der Waals surface area contributed by atoms with E-state index in [0.717, 1.165) is 29.8 Å². The zero-order valence-corrected chi connectivity index (χ0v) is 17.8. The lowest BCUT2D eigenvalue weighted by Gasteiger charge is -2.16. The van der Waals surface area contributed by atoms with Gasteiger partial charge in [0.15, 0.2) is 5.96 Å². The Hall–Kier alpha value is -1.32. The van der Waals surface area contributed by atoms with Crippen molar-refractivity contribution < 1.29 is 12.8 Å². The first-order chi connectivity index (χ1) is 12.8. The Kier molecular flexibility index (Phi) is 8.37. The van der Waals surface area contributed by atoms with Crippen LogP contribution in [-0.4, -0.2) is 57.4 Å². The van der Waals surface area contributed by atoms with Crippen LogP contribution in [0.1, 0.15) is 24.5 Å². The fourth-order valence-corrected chi connectivity index (χ4v) is 4.55. The Morgan fingerprint density at radius 2 is 2.15 bits per heavy atom. The van der Waals surface area contributed by atoms with Crippen molar-refractivity contribution in [1.82, 2.24) is 14.9 Å². The summed E-state index contributed by atoms with van der Waals surface area (Å²) >= 11 is 1.65. The van der Waals surface area contributed by atoms with Crippen molar-refractivity contribution >= 4 is 27.7 Å². The highest BCUT2D eigenvalue weighted by Crippen LogP contribution is 2.19. The highest BCUT2D eigenvalue weighted by Gasteiger charge is 2.28. The highest BCUT2D eigenvalue weighted by atomic mass is 32.2. The molecule has 0 radical (unpaired) electrons. The maximum atomic E-state index is 13.5. The van der Waals surface area contributed by atoms with E-state index in [9.17, 15) is 12.8 Å². The quantitative estimate of drug-likeness (QED) is 0.501. The van der Waals surface area contributed by atoms with Gasteiger partial charge < -0.3 is 10.6 Å². The Labute approximate surface area is 166 Å². The predicted molar refractivity (Wildman–Crippen MR) is 111 cm³/mol. The first-order valence-corrected chi connectivity index (χ1v) is 12.3. The van der Waals surface area contributed by atoms with Crippen molar-refractivity contribution in [2.75, 3.05) is 38.7 Å². The molecule has 1 aromatic carbocycles. The molecule has 6 nitrogen and oxygen atoms in total. The Bertz CT molecular complexity index is 756. The van der Waals surface area contributed by atoms with E-state index in [0.29, 0.717) is 32.1 Å². The van der Waals surface area contributed by atoms with E-state index in [2.05, 4.69) is 15.6 Å². The molecule has 0 spiro atoms. The molecule has 1 aliphatic rings. The zero-order chi connectivity index (χ0) is 19.9. The van der Waals surface area contributed by atoms with Gasteiger partial charge in [-0.25, -0.2) is 22.1 Å². The third kappa shape index (κ3) is 6.97. The monoisotopic (exact) mass is 416 g/mol. The van der Waals surface area contributed by atoms with Crippen molar-refractivity contribution in [2.45, 2.75) is 25.6 Å². The summed E-state index contributed by atoms with van der Waals surface area (Å²) in [6.45, 7) is 4.97. The molecule has 1 aromatic rings. The lowest BCUT2D eigenvalue weighted by molar-refractivity contribution is 0.459. The number of nitrogens with zero attached hydrogens (tertiary/aromatic N) is 2. The summed E-state index contributed by atoms with van der Waals surface area (Å²) < 4.78 is 38.3. The lowest BCUT2D eigenvalue weighted by Crippen LogP contribution is -2.40. The van der Waals surface area contributed by atoms with E-state index in [4.69, 9.17) is 0 Å². The first kappa shape index (κ1) is 22.0. The van der Waals surface area contributed by atoms with Crippen molar-refractivity contribution in [1.29, 1.82) is 0 Å². The summed E-state index contributed by atoms with van der Waals surface area (Å²) in [6, 6.07) is 4.82. The van der Waals surface area contributed by atoms with Crippen LogP contribution >= 0.6 is 11.8 Å². The van der Waals surface area contributed by atoms with Crippen molar-refractivity contribution in [3.8, 4) is 0 Å². The van der Waals surface area contributed by atoms with Gasteiger partial charge in [-0.3, -0.25) is 0 Å².